The first kappa shape index (κ1) is 22.4. The number of allylic oxidation sites excluding steroid dienone is 1. The molecule has 1 aromatic carbocycles. The van der Waals surface area contributed by atoms with Gasteiger partial charge in [-0.05, 0) is 57.4 Å². The van der Waals surface area contributed by atoms with Crippen LogP contribution in [0.25, 0.3) is 0 Å². The summed E-state index contributed by atoms with van der Waals surface area (Å²) in [6, 6.07) is 3.87. The van der Waals surface area contributed by atoms with E-state index in [1.165, 1.54) is 34.9 Å². The highest BCUT2D eigenvalue weighted by molar-refractivity contribution is 7.89. The zero-order valence-electron chi connectivity index (χ0n) is 17.3. The molecule has 1 saturated heterocycles. The molecule has 1 fully saturated rings. The standard InChI is InChI=1S/C21H29N3O5S/c1-16-7-8-19(24(26)27)15-20(16)30(28,29)23-13-10-18(11-14-23)21(25)22-12-9-17-5-3-2-4-6-17/h5,7-8,15,18H,2-4,6,9-14H2,1H3,(H,22,25). The lowest BCUT2D eigenvalue weighted by molar-refractivity contribution is -0.385. The van der Waals surface area contributed by atoms with Crippen molar-refractivity contribution in [3.8, 4) is 0 Å². The summed E-state index contributed by atoms with van der Waals surface area (Å²) < 4.78 is 27.3. The summed E-state index contributed by atoms with van der Waals surface area (Å²) in [6.45, 7) is 2.70. The Hall–Kier alpha value is -2.26. The van der Waals surface area contributed by atoms with Gasteiger partial charge in [-0.1, -0.05) is 17.7 Å². The van der Waals surface area contributed by atoms with E-state index in [9.17, 15) is 23.3 Å². The number of amides is 1. The fourth-order valence-electron chi connectivity index (χ4n) is 4.10. The molecule has 0 atom stereocenters. The number of piperidine rings is 1. The number of carbonyl (C=O) groups is 1. The Morgan fingerprint density at radius 1 is 1.27 bits per heavy atom. The summed E-state index contributed by atoms with van der Waals surface area (Å²) in [6.07, 6.45) is 8.75. The van der Waals surface area contributed by atoms with E-state index in [-0.39, 0.29) is 35.5 Å². The van der Waals surface area contributed by atoms with Gasteiger partial charge in [0.05, 0.1) is 9.82 Å². The number of aryl methyl sites for hydroxylation is 1. The third-order valence-electron chi connectivity index (χ3n) is 5.96. The van der Waals surface area contributed by atoms with Crippen LogP contribution in [0.4, 0.5) is 5.69 Å². The van der Waals surface area contributed by atoms with Crippen LogP contribution < -0.4 is 5.32 Å². The number of sulfonamides is 1. The average molecular weight is 436 g/mol. The van der Waals surface area contributed by atoms with Gasteiger partial charge in [-0.2, -0.15) is 4.31 Å². The predicted molar refractivity (Wildman–Crippen MR) is 113 cm³/mol. The summed E-state index contributed by atoms with van der Waals surface area (Å²) in [5.74, 6) is -0.224. The lowest BCUT2D eigenvalue weighted by Gasteiger charge is -2.31. The molecule has 9 heteroatoms. The maximum absolute atomic E-state index is 13.0. The first-order valence-corrected chi connectivity index (χ1v) is 11.9. The second-order valence-electron chi connectivity index (χ2n) is 8.03. The van der Waals surface area contributed by atoms with Crippen LogP contribution in [-0.4, -0.2) is 43.2 Å². The second-order valence-corrected chi connectivity index (χ2v) is 9.94. The molecular weight excluding hydrogens is 406 g/mol. The quantitative estimate of drug-likeness (QED) is 0.401. The van der Waals surface area contributed by atoms with E-state index in [1.54, 1.807) is 6.92 Å². The van der Waals surface area contributed by atoms with Crippen molar-refractivity contribution in [2.75, 3.05) is 19.6 Å². The number of hydrogen-bond donors (Lipinski definition) is 1. The normalized spacial score (nSPS) is 18.6. The highest BCUT2D eigenvalue weighted by Gasteiger charge is 2.33. The van der Waals surface area contributed by atoms with Gasteiger partial charge < -0.3 is 5.32 Å². The molecule has 0 bridgehead atoms. The van der Waals surface area contributed by atoms with Crippen LogP contribution in [0.15, 0.2) is 34.7 Å². The van der Waals surface area contributed by atoms with E-state index in [1.807, 2.05) is 0 Å². The SMILES string of the molecule is Cc1ccc([N+](=O)[O-])cc1S(=O)(=O)N1CCC(C(=O)NCCC2=CCCCC2)CC1. The molecule has 1 aliphatic heterocycles. The van der Waals surface area contributed by atoms with Gasteiger partial charge in [0.2, 0.25) is 15.9 Å². The molecule has 8 nitrogen and oxygen atoms in total. The van der Waals surface area contributed by atoms with Crippen molar-refractivity contribution >= 4 is 21.6 Å². The molecule has 0 radical (unpaired) electrons. The summed E-state index contributed by atoms with van der Waals surface area (Å²) in [4.78, 5) is 22.8. The zero-order valence-corrected chi connectivity index (χ0v) is 18.1. The molecule has 0 aromatic heterocycles. The van der Waals surface area contributed by atoms with Crippen molar-refractivity contribution in [3.63, 3.8) is 0 Å². The van der Waals surface area contributed by atoms with Crippen molar-refractivity contribution in [2.45, 2.75) is 56.8 Å². The van der Waals surface area contributed by atoms with Gasteiger partial charge in [0.1, 0.15) is 0 Å². The summed E-state index contributed by atoms with van der Waals surface area (Å²) in [5.41, 5.74) is 1.63. The van der Waals surface area contributed by atoms with Crippen LogP contribution in [-0.2, 0) is 14.8 Å². The van der Waals surface area contributed by atoms with Crippen molar-refractivity contribution in [2.24, 2.45) is 5.92 Å². The summed E-state index contributed by atoms with van der Waals surface area (Å²) in [7, 11) is -3.84. The van der Waals surface area contributed by atoms with E-state index in [2.05, 4.69) is 11.4 Å². The van der Waals surface area contributed by atoms with Gasteiger partial charge in [0.25, 0.3) is 5.69 Å². The summed E-state index contributed by atoms with van der Waals surface area (Å²) >= 11 is 0. The smallest absolute Gasteiger partial charge is 0.270 e. The minimum Gasteiger partial charge on any atom is -0.356 e. The molecule has 1 N–H and O–H groups in total. The van der Waals surface area contributed by atoms with Crippen molar-refractivity contribution in [1.82, 2.24) is 9.62 Å². The fourth-order valence-corrected chi connectivity index (χ4v) is 5.81. The predicted octanol–water partition coefficient (Wildman–Crippen LogP) is 3.31. The van der Waals surface area contributed by atoms with E-state index < -0.39 is 14.9 Å². The number of nitro groups is 1. The van der Waals surface area contributed by atoms with Crippen LogP contribution in [0, 0.1) is 23.0 Å². The number of hydrogen-bond acceptors (Lipinski definition) is 5. The molecule has 1 heterocycles. The van der Waals surface area contributed by atoms with Crippen molar-refractivity contribution in [3.05, 3.63) is 45.5 Å². The van der Waals surface area contributed by atoms with Crippen LogP contribution in [0.5, 0.6) is 0 Å². The lowest BCUT2D eigenvalue weighted by Crippen LogP contribution is -2.43. The molecular formula is C21H29N3O5S. The molecule has 1 aromatic rings. The number of nitro benzene ring substituents is 1. The third kappa shape index (κ3) is 5.26. The Labute approximate surface area is 177 Å². The number of non-ortho nitro benzene ring substituents is 1. The number of benzene rings is 1. The Kier molecular flexibility index (Phi) is 7.25. The van der Waals surface area contributed by atoms with Gasteiger partial charge >= 0.3 is 0 Å². The van der Waals surface area contributed by atoms with Gasteiger partial charge in [0.15, 0.2) is 0 Å². The Bertz CT molecular complexity index is 934. The average Bonchev–Trinajstić information content (AvgIpc) is 2.74. The molecule has 0 unspecified atom stereocenters. The molecule has 3 rings (SSSR count). The van der Waals surface area contributed by atoms with Gasteiger partial charge in [-0.25, -0.2) is 8.42 Å². The molecule has 164 valence electrons. The lowest BCUT2D eigenvalue weighted by atomic mass is 9.96. The topological polar surface area (TPSA) is 110 Å². The number of rotatable bonds is 7. The highest BCUT2D eigenvalue weighted by atomic mass is 32.2. The monoisotopic (exact) mass is 435 g/mol. The highest BCUT2D eigenvalue weighted by Crippen LogP contribution is 2.28. The number of carbonyl (C=O) groups excluding carboxylic acids is 1. The molecule has 1 amide bonds. The van der Waals surface area contributed by atoms with E-state index in [0.29, 0.717) is 24.9 Å². The molecule has 30 heavy (non-hydrogen) atoms. The Balaban J connectivity index is 1.55. The second kappa shape index (κ2) is 9.70. The number of nitrogens with zero attached hydrogens (tertiary/aromatic N) is 2. The van der Waals surface area contributed by atoms with Crippen LogP contribution >= 0.6 is 0 Å². The van der Waals surface area contributed by atoms with Gasteiger partial charge in [0, 0.05) is 37.7 Å². The van der Waals surface area contributed by atoms with Crippen LogP contribution in [0.2, 0.25) is 0 Å². The number of nitrogens with one attached hydrogen (secondary N) is 1. The van der Waals surface area contributed by atoms with E-state index in [0.717, 1.165) is 25.3 Å². The first-order chi connectivity index (χ1) is 14.3. The Morgan fingerprint density at radius 3 is 2.63 bits per heavy atom. The third-order valence-corrected chi connectivity index (χ3v) is 8.00. The maximum atomic E-state index is 13.0. The molecule has 2 aliphatic rings. The molecule has 1 aliphatic carbocycles. The largest absolute Gasteiger partial charge is 0.356 e. The molecule has 0 spiro atoms. The minimum atomic E-state index is -3.84. The van der Waals surface area contributed by atoms with Gasteiger partial charge in [-0.3, -0.25) is 14.9 Å². The minimum absolute atomic E-state index is 0.0185. The van der Waals surface area contributed by atoms with Crippen molar-refractivity contribution < 1.29 is 18.1 Å². The van der Waals surface area contributed by atoms with Crippen molar-refractivity contribution in [1.29, 1.82) is 0 Å². The first-order valence-electron chi connectivity index (χ1n) is 10.5. The van der Waals surface area contributed by atoms with Crippen LogP contribution in [0.1, 0.15) is 50.5 Å². The van der Waals surface area contributed by atoms with E-state index in [4.69, 9.17) is 0 Å². The Morgan fingerprint density at radius 2 is 2.00 bits per heavy atom. The fraction of sp³-hybridized carbons (Fsp3) is 0.571. The maximum Gasteiger partial charge on any atom is 0.270 e. The molecule has 0 saturated carbocycles. The van der Waals surface area contributed by atoms with Gasteiger partial charge in [-0.15, -0.1) is 0 Å². The summed E-state index contributed by atoms with van der Waals surface area (Å²) in [5, 5.41) is 14.0. The zero-order chi connectivity index (χ0) is 21.7. The van der Waals surface area contributed by atoms with Crippen LogP contribution in [0.3, 0.4) is 0 Å². The van der Waals surface area contributed by atoms with E-state index >= 15 is 0 Å².